The molecule has 2 aromatic rings. The third kappa shape index (κ3) is 2.61. The maximum absolute atomic E-state index is 13.4. The summed E-state index contributed by atoms with van der Waals surface area (Å²) in [6.07, 6.45) is 1.90. The van der Waals surface area contributed by atoms with Crippen LogP contribution in [-0.4, -0.2) is 9.55 Å². The minimum Gasteiger partial charge on any atom is -0.330 e. The van der Waals surface area contributed by atoms with Crippen LogP contribution in [0.3, 0.4) is 0 Å². The van der Waals surface area contributed by atoms with Gasteiger partial charge in [-0.25, -0.2) is 9.37 Å². The van der Waals surface area contributed by atoms with E-state index < -0.39 is 5.82 Å². The lowest BCUT2D eigenvalue weighted by molar-refractivity contribution is 0.623. The molecule has 1 heterocycles. The molecular weight excluding hydrogens is 262 g/mol. The largest absolute Gasteiger partial charge is 0.330 e. The first-order valence-electron chi connectivity index (χ1n) is 5.11. The van der Waals surface area contributed by atoms with Gasteiger partial charge in [0.15, 0.2) is 0 Å². The predicted molar refractivity (Wildman–Crippen MR) is 67.2 cm³/mol. The van der Waals surface area contributed by atoms with Crippen LogP contribution in [-0.2, 0) is 6.54 Å². The van der Waals surface area contributed by atoms with Crippen molar-refractivity contribution in [2.24, 2.45) is 0 Å². The monoisotopic (exact) mass is 272 g/mol. The van der Waals surface area contributed by atoms with Crippen LogP contribution in [0.15, 0.2) is 18.3 Å². The summed E-state index contributed by atoms with van der Waals surface area (Å²) in [5.41, 5.74) is 1.61. The first kappa shape index (κ1) is 12.4. The van der Waals surface area contributed by atoms with Gasteiger partial charge in [0.1, 0.15) is 11.6 Å². The second-order valence-corrected chi connectivity index (χ2v) is 4.73. The SMILES string of the molecule is Cc1cn(Cc2cc(F)c(Cl)cc2Cl)c(C)n1. The van der Waals surface area contributed by atoms with Crippen molar-refractivity contribution in [1.82, 2.24) is 9.55 Å². The van der Waals surface area contributed by atoms with Crippen molar-refractivity contribution in [1.29, 1.82) is 0 Å². The van der Waals surface area contributed by atoms with Crippen molar-refractivity contribution in [3.8, 4) is 0 Å². The number of imidazole rings is 1. The van der Waals surface area contributed by atoms with Crippen LogP contribution >= 0.6 is 23.2 Å². The van der Waals surface area contributed by atoms with Crippen LogP contribution in [0.1, 0.15) is 17.1 Å². The molecule has 0 saturated carbocycles. The smallest absolute Gasteiger partial charge is 0.142 e. The van der Waals surface area contributed by atoms with Crippen molar-refractivity contribution in [3.05, 3.63) is 51.3 Å². The molecule has 2 nitrogen and oxygen atoms in total. The Balaban J connectivity index is 2.36. The molecule has 1 aromatic carbocycles. The standard InChI is InChI=1S/C12H11Cl2FN2/c1-7-5-17(8(2)16-7)6-9-3-12(15)11(14)4-10(9)13/h3-5H,6H2,1-2H3. The highest BCUT2D eigenvalue weighted by Gasteiger charge is 2.09. The van der Waals surface area contributed by atoms with Crippen molar-refractivity contribution in [2.45, 2.75) is 20.4 Å². The molecule has 2 rings (SSSR count). The number of hydrogen-bond donors (Lipinski definition) is 0. The van der Waals surface area contributed by atoms with E-state index in [1.807, 2.05) is 24.6 Å². The number of benzene rings is 1. The quantitative estimate of drug-likeness (QED) is 0.756. The van der Waals surface area contributed by atoms with E-state index in [1.54, 1.807) is 0 Å². The van der Waals surface area contributed by atoms with Crippen molar-refractivity contribution in [3.63, 3.8) is 0 Å². The van der Waals surface area contributed by atoms with E-state index in [0.717, 1.165) is 11.5 Å². The summed E-state index contributed by atoms with van der Waals surface area (Å²) in [6.45, 7) is 4.29. The second kappa shape index (κ2) is 4.67. The molecule has 90 valence electrons. The van der Waals surface area contributed by atoms with Gasteiger partial charge in [-0.3, -0.25) is 0 Å². The van der Waals surface area contributed by atoms with Gasteiger partial charge in [0, 0.05) is 11.2 Å². The maximum Gasteiger partial charge on any atom is 0.142 e. The van der Waals surface area contributed by atoms with Gasteiger partial charge in [0.2, 0.25) is 0 Å². The Morgan fingerprint density at radius 1 is 1.24 bits per heavy atom. The number of halogens is 3. The number of aryl methyl sites for hydroxylation is 2. The maximum atomic E-state index is 13.4. The Morgan fingerprint density at radius 3 is 2.53 bits per heavy atom. The fourth-order valence-electron chi connectivity index (χ4n) is 1.70. The van der Waals surface area contributed by atoms with Gasteiger partial charge in [-0.05, 0) is 31.5 Å². The minimum absolute atomic E-state index is 0.0392. The summed E-state index contributed by atoms with van der Waals surface area (Å²) in [5, 5.41) is 0.499. The zero-order valence-electron chi connectivity index (χ0n) is 9.47. The molecule has 0 atom stereocenters. The number of aromatic nitrogens is 2. The molecule has 0 spiro atoms. The molecule has 0 aliphatic heterocycles. The van der Waals surface area contributed by atoms with Crippen molar-refractivity contribution < 1.29 is 4.39 Å². The average molecular weight is 273 g/mol. The van der Waals surface area contributed by atoms with E-state index in [1.165, 1.54) is 12.1 Å². The highest BCUT2D eigenvalue weighted by atomic mass is 35.5. The van der Waals surface area contributed by atoms with E-state index in [2.05, 4.69) is 4.98 Å². The fourth-order valence-corrected chi connectivity index (χ4v) is 2.14. The Kier molecular flexibility index (Phi) is 3.40. The van der Waals surface area contributed by atoms with Gasteiger partial charge >= 0.3 is 0 Å². The van der Waals surface area contributed by atoms with Gasteiger partial charge < -0.3 is 4.57 Å². The van der Waals surface area contributed by atoms with E-state index in [4.69, 9.17) is 23.2 Å². The van der Waals surface area contributed by atoms with E-state index in [9.17, 15) is 4.39 Å². The number of nitrogens with zero attached hydrogens (tertiary/aromatic N) is 2. The normalized spacial score (nSPS) is 10.9. The van der Waals surface area contributed by atoms with Crippen molar-refractivity contribution in [2.75, 3.05) is 0 Å². The van der Waals surface area contributed by atoms with E-state index in [0.29, 0.717) is 17.1 Å². The van der Waals surface area contributed by atoms with Crippen LogP contribution in [0.2, 0.25) is 10.0 Å². The topological polar surface area (TPSA) is 17.8 Å². The lowest BCUT2D eigenvalue weighted by Crippen LogP contribution is -2.02. The molecule has 0 unspecified atom stereocenters. The first-order chi connectivity index (χ1) is 7.97. The summed E-state index contributed by atoms with van der Waals surface area (Å²) < 4.78 is 15.3. The summed E-state index contributed by atoms with van der Waals surface area (Å²) in [6, 6.07) is 2.78. The molecule has 17 heavy (non-hydrogen) atoms. The van der Waals surface area contributed by atoms with Crippen LogP contribution in [0.5, 0.6) is 0 Å². The zero-order valence-corrected chi connectivity index (χ0v) is 11.0. The van der Waals surface area contributed by atoms with Crippen molar-refractivity contribution >= 4 is 23.2 Å². The minimum atomic E-state index is -0.458. The highest BCUT2D eigenvalue weighted by molar-refractivity contribution is 6.35. The third-order valence-corrected chi connectivity index (χ3v) is 3.17. The molecular formula is C12H11Cl2FN2. The molecule has 0 aliphatic rings. The average Bonchev–Trinajstić information content (AvgIpc) is 2.54. The Morgan fingerprint density at radius 2 is 1.94 bits per heavy atom. The zero-order chi connectivity index (χ0) is 12.6. The van der Waals surface area contributed by atoms with Gasteiger partial charge in [0.05, 0.1) is 17.3 Å². The molecule has 0 fully saturated rings. The Hall–Kier alpha value is -1.06. The first-order valence-corrected chi connectivity index (χ1v) is 5.87. The molecule has 0 saturated heterocycles. The molecule has 0 bridgehead atoms. The number of rotatable bonds is 2. The van der Waals surface area contributed by atoms with Gasteiger partial charge in [-0.15, -0.1) is 0 Å². The van der Waals surface area contributed by atoms with E-state index >= 15 is 0 Å². The Labute approximate surface area is 109 Å². The summed E-state index contributed by atoms with van der Waals surface area (Å²) in [5.74, 6) is 0.412. The molecule has 5 heteroatoms. The van der Waals surface area contributed by atoms with Crippen LogP contribution < -0.4 is 0 Å². The van der Waals surface area contributed by atoms with Crippen LogP contribution in [0.25, 0.3) is 0 Å². The second-order valence-electron chi connectivity index (χ2n) is 3.92. The summed E-state index contributed by atoms with van der Waals surface area (Å²) in [4.78, 5) is 4.28. The van der Waals surface area contributed by atoms with Crippen LogP contribution in [0.4, 0.5) is 4.39 Å². The van der Waals surface area contributed by atoms with Gasteiger partial charge in [-0.2, -0.15) is 0 Å². The lowest BCUT2D eigenvalue weighted by atomic mass is 10.2. The van der Waals surface area contributed by atoms with E-state index in [-0.39, 0.29) is 5.02 Å². The molecule has 0 N–H and O–H groups in total. The molecule has 0 aliphatic carbocycles. The third-order valence-electron chi connectivity index (χ3n) is 2.53. The number of hydrogen-bond acceptors (Lipinski definition) is 1. The fraction of sp³-hybridized carbons (Fsp3) is 0.250. The molecule has 0 radical (unpaired) electrons. The molecule has 0 amide bonds. The predicted octanol–water partition coefficient (Wildman–Crippen LogP) is 3.99. The van der Waals surface area contributed by atoms with Crippen LogP contribution in [0, 0.1) is 19.7 Å². The highest BCUT2D eigenvalue weighted by Crippen LogP contribution is 2.25. The summed E-state index contributed by atoms with van der Waals surface area (Å²) in [7, 11) is 0. The summed E-state index contributed by atoms with van der Waals surface area (Å²) >= 11 is 11.7. The lowest BCUT2D eigenvalue weighted by Gasteiger charge is -2.08. The molecule has 1 aromatic heterocycles. The van der Waals surface area contributed by atoms with Gasteiger partial charge in [0.25, 0.3) is 0 Å². The Bertz CT molecular complexity index is 564. The van der Waals surface area contributed by atoms with Gasteiger partial charge in [-0.1, -0.05) is 23.2 Å².